The molecule has 0 bridgehead atoms. The standard InChI is InChI=1S/C18H28N4O/c1-18(2,17(19)23)10-13-6-5-9-22(11-13)16-14-7-3-4-8-15(14)20-12-21-16/h12-13H,3-11H2,1-2H3,(H2,19,23). The number of nitrogens with two attached hydrogens (primary N) is 1. The fourth-order valence-corrected chi connectivity index (χ4v) is 4.02. The number of carbonyl (C=O) groups is 1. The Labute approximate surface area is 138 Å². The first-order valence-electron chi connectivity index (χ1n) is 8.85. The van der Waals surface area contributed by atoms with Gasteiger partial charge in [-0.25, -0.2) is 9.97 Å². The van der Waals surface area contributed by atoms with Crippen LogP contribution in [0.25, 0.3) is 0 Å². The number of hydrogen-bond acceptors (Lipinski definition) is 4. The number of primary amides is 1. The lowest BCUT2D eigenvalue weighted by Crippen LogP contribution is -2.41. The number of aromatic nitrogens is 2. The van der Waals surface area contributed by atoms with Crippen LogP contribution in [-0.4, -0.2) is 29.0 Å². The van der Waals surface area contributed by atoms with Crippen LogP contribution in [-0.2, 0) is 17.6 Å². The van der Waals surface area contributed by atoms with Crippen LogP contribution in [0.3, 0.4) is 0 Å². The summed E-state index contributed by atoms with van der Waals surface area (Å²) in [6.45, 7) is 5.94. The van der Waals surface area contributed by atoms with E-state index in [9.17, 15) is 4.79 Å². The first-order valence-corrected chi connectivity index (χ1v) is 8.85. The van der Waals surface area contributed by atoms with Gasteiger partial charge in [0, 0.05) is 29.8 Å². The molecule has 5 nitrogen and oxygen atoms in total. The van der Waals surface area contributed by atoms with Crippen LogP contribution >= 0.6 is 0 Å². The molecule has 0 spiro atoms. The Morgan fingerprint density at radius 3 is 2.87 bits per heavy atom. The van der Waals surface area contributed by atoms with Crippen molar-refractivity contribution in [2.45, 2.75) is 58.8 Å². The van der Waals surface area contributed by atoms with Crippen molar-refractivity contribution < 1.29 is 4.79 Å². The van der Waals surface area contributed by atoms with Crippen LogP contribution in [0, 0.1) is 11.3 Å². The van der Waals surface area contributed by atoms with Crippen molar-refractivity contribution in [2.75, 3.05) is 18.0 Å². The highest BCUT2D eigenvalue weighted by Crippen LogP contribution is 2.34. The second-order valence-corrected chi connectivity index (χ2v) is 7.74. The van der Waals surface area contributed by atoms with Crippen LogP contribution in [0.5, 0.6) is 0 Å². The summed E-state index contributed by atoms with van der Waals surface area (Å²) in [4.78, 5) is 23.1. The third kappa shape index (κ3) is 3.48. The Morgan fingerprint density at radius 1 is 1.30 bits per heavy atom. The summed E-state index contributed by atoms with van der Waals surface area (Å²) in [7, 11) is 0. The van der Waals surface area contributed by atoms with Crippen molar-refractivity contribution in [3.63, 3.8) is 0 Å². The van der Waals surface area contributed by atoms with Gasteiger partial charge in [-0.3, -0.25) is 4.79 Å². The number of carbonyl (C=O) groups excluding carboxylic acids is 1. The Hall–Kier alpha value is -1.65. The molecule has 1 atom stereocenters. The molecule has 126 valence electrons. The normalized spacial score (nSPS) is 21.8. The van der Waals surface area contributed by atoms with E-state index in [2.05, 4.69) is 14.9 Å². The van der Waals surface area contributed by atoms with Crippen molar-refractivity contribution in [3.05, 3.63) is 17.6 Å². The molecule has 5 heteroatoms. The fraction of sp³-hybridized carbons (Fsp3) is 0.722. The van der Waals surface area contributed by atoms with Gasteiger partial charge in [0.2, 0.25) is 5.91 Å². The molecule has 2 N–H and O–H groups in total. The average molecular weight is 316 g/mol. The molecule has 1 amide bonds. The molecule has 2 heterocycles. The number of amides is 1. The third-order valence-electron chi connectivity index (χ3n) is 5.39. The van der Waals surface area contributed by atoms with E-state index in [0.717, 1.165) is 44.6 Å². The molecular formula is C18H28N4O. The van der Waals surface area contributed by atoms with Crippen LogP contribution < -0.4 is 10.6 Å². The fourth-order valence-electron chi connectivity index (χ4n) is 4.02. The van der Waals surface area contributed by atoms with Gasteiger partial charge in [0.1, 0.15) is 12.1 Å². The van der Waals surface area contributed by atoms with Gasteiger partial charge in [-0.05, 0) is 50.9 Å². The maximum atomic E-state index is 11.6. The third-order valence-corrected chi connectivity index (χ3v) is 5.39. The zero-order valence-electron chi connectivity index (χ0n) is 14.3. The lowest BCUT2D eigenvalue weighted by molar-refractivity contribution is -0.126. The van der Waals surface area contributed by atoms with Crippen molar-refractivity contribution in [1.29, 1.82) is 0 Å². The van der Waals surface area contributed by atoms with Crippen LogP contribution in [0.2, 0.25) is 0 Å². The minimum atomic E-state index is -0.432. The number of nitrogens with zero attached hydrogens (tertiary/aromatic N) is 3. The molecule has 0 radical (unpaired) electrons. The summed E-state index contributed by atoms with van der Waals surface area (Å²) >= 11 is 0. The van der Waals surface area contributed by atoms with Gasteiger partial charge in [-0.1, -0.05) is 13.8 Å². The molecule has 1 aliphatic heterocycles. The van der Waals surface area contributed by atoms with Gasteiger partial charge in [-0.15, -0.1) is 0 Å². The highest BCUT2D eigenvalue weighted by Gasteiger charge is 2.32. The second-order valence-electron chi connectivity index (χ2n) is 7.74. The summed E-state index contributed by atoms with van der Waals surface area (Å²) in [5.74, 6) is 1.44. The van der Waals surface area contributed by atoms with E-state index in [1.807, 2.05) is 13.8 Å². The molecule has 1 aromatic rings. The molecule has 1 aromatic heterocycles. The quantitative estimate of drug-likeness (QED) is 0.926. The Balaban J connectivity index is 1.76. The van der Waals surface area contributed by atoms with E-state index < -0.39 is 5.41 Å². The summed E-state index contributed by atoms with van der Waals surface area (Å²) in [6.07, 6.45) is 9.54. The SMILES string of the molecule is CC(C)(CC1CCCN(c2ncnc3c2CCCC3)C1)C(N)=O. The monoisotopic (exact) mass is 316 g/mol. The molecule has 3 rings (SSSR count). The van der Waals surface area contributed by atoms with Crippen LogP contribution in [0.4, 0.5) is 5.82 Å². The van der Waals surface area contributed by atoms with E-state index in [0.29, 0.717) is 5.92 Å². The minimum absolute atomic E-state index is 0.200. The Kier molecular flexibility index (Phi) is 4.55. The minimum Gasteiger partial charge on any atom is -0.369 e. The Morgan fingerprint density at radius 2 is 2.09 bits per heavy atom. The molecule has 1 unspecified atom stereocenters. The van der Waals surface area contributed by atoms with Gasteiger partial charge in [-0.2, -0.15) is 0 Å². The van der Waals surface area contributed by atoms with Gasteiger partial charge >= 0.3 is 0 Å². The van der Waals surface area contributed by atoms with E-state index in [4.69, 9.17) is 5.73 Å². The average Bonchev–Trinajstić information content (AvgIpc) is 2.54. The predicted octanol–water partition coefficient (Wildman–Crippen LogP) is 2.47. The maximum absolute atomic E-state index is 11.6. The first-order chi connectivity index (χ1) is 11.0. The van der Waals surface area contributed by atoms with Gasteiger partial charge in [0.25, 0.3) is 0 Å². The summed E-state index contributed by atoms with van der Waals surface area (Å²) in [5.41, 5.74) is 7.71. The van der Waals surface area contributed by atoms with Gasteiger partial charge < -0.3 is 10.6 Å². The Bertz CT molecular complexity index is 584. The van der Waals surface area contributed by atoms with Gasteiger partial charge in [0.05, 0.1) is 0 Å². The molecule has 1 aliphatic carbocycles. The number of hydrogen-bond donors (Lipinski definition) is 1. The zero-order chi connectivity index (χ0) is 16.4. The van der Waals surface area contributed by atoms with Crippen LogP contribution in [0.1, 0.15) is 57.2 Å². The van der Waals surface area contributed by atoms with Gasteiger partial charge in [0.15, 0.2) is 0 Å². The van der Waals surface area contributed by atoms with Crippen molar-refractivity contribution in [3.8, 4) is 0 Å². The van der Waals surface area contributed by atoms with E-state index in [-0.39, 0.29) is 5.91 Å². The second kappa shape index (κ2) is 6.46. The molecule has 2 aliphatic rings. The largest absolute Gasteiger partial charge is 0.369 e. The number of fused-ring (bicyclic) bond motifs is 1. The zero-order valence-corrected chi connectivity index (χ0v) is 14.3. The predicted molar refractivity (Wildman–Crippen MR) is 91.2 cm³/mol. The number of rotatable bonds is 4. The topological polar surface area (TPSA) is 72.1 Å². The van der Waals surface area contributed by atoms with Crippen molar-refractivity contribution in [2.24, 2.45) is 17.1 Å². The lowest BCUT2D eigenvalue weighted by Gasteiger charge is -2.37. The smallest absolute Gasteiger partial charge is 0.223 e. The number of anilines is 1. The molecule has 0 aromatic carbocycles. The van der Waals surface area contributed by atoms with Crippen molar-refractivity contribution in [1.82, 2.24) is 9.97 Å². The van der Waals surface area contributed by atoms with E-state index in [1.54, 1.807) is 6.33 Å². The highest BCUT2D eigenvalue weighted by atomic mass is 16.1. The highest BCUT2D eigenvalue weighted by molar-refractivity contribution is 5.79. The van der Waals surface area contributed by atoms with E-state index in [1.165, 1.54) is 30.5 Å². The number of piperidine rings is 1. The molecule has 1 fully saturated rings. The summed E-state index contributed by atoms with van der Waals surface area (Å²) in [6, 6.07) is 0. The molecule has 1 saturated heterocycles. The lowest BCUT2D eigenvalue weighted by atomic mass is 9.79. The maximum Gasteiger partial charge on any atom is 0.223 e. The summed E-state index contributed by atoms with van der Waals surface area (Å²) in [5, 5.41) is 0. The molecule has 23 heavy (non-hydrogen) atoms. The summed E-state index contributed by atoms with van der Waals surface area (Å²) < 4.78 is 0. The van der Waals surface area contributed by atoms with Crippen molar-refractivity contribution >= 4 is 11.7 Å². The first kappa shape index (κ1) is 16.2. The van der Waals surface area contributed by atoms with E-state index >= 15 is 0 Å². The number of aryl methyl sites for hydroxylation is 1. The molecular weight excluding hydrogens is 288 g/mol. The van der Waals surface area contributed by atoms with Crippen LogP contribution in [0.15, 0.2) is 6.33 Å². The molecule has 0 saturated carbocycles.